The van der Waals surface area contributed by atoms with Gasteiger partial charge < -0.3 is 15.5 Å². The maximum atomic E-state index is 11.7. The van der Waals surface area contributed by atoms with Gasteiger partial charge in [-0.1, -0.05) is 18.6 Å². The van der Waals surface area contributed by atoms with Gasteiger partial charge in [-0.25, -0.2) is 4.79 Å². The van der Waals surface area contributed by atoms with Crippen molar-refractivity contribution in [3.05, 3.63) is 28.7 Å². The molecule has 19 heavy (non-hydrogen) atoms. The molecule has 5 heteroatoms. The van der Waals surface area contributed by atoms with Crippen LogP contribution in [0.25, 0.3) is 0 Å². The number of nitrogens with one attached hydrogen (secondary N) is 2. The molecule has 1 aromatic rings. The lowest BCUT2D eigenvalue weighted by Gasteiger charge is -2.26. The summed E-state index contributed by atoms with van der Waals surface area (Å²) < 4.78 is 0.890. The highest BCUT2D eigenvalue weighted by Crippen LogP contribution is 2.20. The Morgan fingerprint density at radius 2 is 1.95 bits per heavy atom. The van der Waals surface area contributed by atoms with Gasteiger partial charge >= 0.3 is 6.03 Å². The summed E-state index contributed by atoms with van der Waals surface area (Å²) in [5.74, 6) is 0. The number of likely N-dealkylation sites (tertiary alicyclic amines) is 1. The molecule has 1 aromatic carbocycles. The predicted octanol–water partition coefficient (Wildman–Crippen LogP) is 3.06. The third-order valence-corrected chi connectivity index (χ3v) is 3.98. The van der Waals surface area contributed by atoms with Crippen LogP contribution < -0.4 is 10.6 Å². The molecule has 0 unspecified atom stereocenters. The van der Waals surface area contributed by atoms with Crippen molar-refractivity contribution in [3.63, 3.8) is 0 Å². The molecule has 0 radical (unpaired) electrons. The van der Waals surface area contributed by atoms with Gasteiger partial charge in [-0.15, -0.1) is 0 Å². The SMILES string of the molecule is O=C(NCCN1CCCCC1)Nc1ccccc1Br. The minimum atomic E-state index is -0.149. The number of piperidine rings is 1. The van der Waals surface area contributed by atoms with Crippen molar-refractivity contribution < 1.29 is 4.79 Å². The Hall–Kier alpha value is -1.07. The lowest BCUT2D eigenvalue weighted by atomic mass is 10.1. The standard InChI is InChI=1S/C14H20BrN3O/c15-12-6-2-3-7-13(12)17-14(19)16-8-11-18-9-4-1-5-10-18/h2-3,6-7H,1,4-5,8-11H2,(H2,16,17,19). The fraction of sp³-hybridized carbons (Fsp3) is 0.500. The normalized spacial score (nSPS) is 16.1. The van der Waals surface area contributed by atoms with Crippen LogP contribution in [-0.4, -0.2) is 37.1 Å². The van der Waals surface area contributed by atoms with E-state index >= 15 is 0 Å². The summed E-state index contributed by atoms with van der Waals surface area (Å²) in [4.78, 5) is 14.1. The highest BCUT2D eigenvalue weighted by Gasteiger charge is 2.10. The lowest BCUT2D eigenvalue weighted by molar-refractivity contribution is 0.224. The van der Waals surface area contributed by atoms with E-state index in [1.807, 2.05) is 24.3 Å². The summed E-state index contributed by atoms with van der Waals surface area (Å²) in [7, 11) is 0. The predicted molar refractivity (Wildman–Crippen MR) is 81.5 cm³/mol. The zero-order valence-corrected chi connectivity index (χ0v) is 12.6. The number of carbonyl (C=O) groups is 1. The summed E-state index contributed by atoms with van der Waals surface area (Å²) in [6.45, 7) is 3.95. The van der Waals surface area contributed by atoms with Crippen molar-refractivity contribution in [1.29, 1.82) is 0 Å². The highest BCUT2D eigenvalue weighted by molar-refractivity contribution is 9.10. The number of halogens is 1. The van der Waals surface area contributed by atoms with Crippen molar-refractivity contribution in [1.82, 2.24) is 10.2 Å². The molecule has 0 aliphatic carbocycles. The zero-order valence-electron chi connectivity index (χ0n) is 11.0. The molecule has 0 saturated carbocycles. The van der Waals surface area contributed by atoms with E-state index in [2.05, 4.69) is 31.5 Å². The maximum absolute atomic E-state index is 11.7. The number of hydrogen-bond donors (Lipinski definition) is 2. The van der Waals surface area contributed by atoms with E-state index in [1.54, 1.807) is 0 Å². The first-order valence-electron chi connectivity index (χ1n) is 6.77. The van der Waals surface area contributed by atoms with Gasteiger partial charge in [0.25, 0.3) is 0 Å². The number of hydrogen-bond acceptors (Lipinski definition) is 2. The first-order valence-corrected chi connectivity index (χ1v) is 7.57. The van der Waals surface area contributed by atoms with E-state index in [4.69, 9.17) is 0 Å². The van der Waals surface area contributed by atoms with Gasteiger partial charge in [0, 0.05) is 17.6 Å². The molecule has 2 rings (SSSR count). The molecular formula is C14H20BrN3O. The molecule has 1 aliphatic heterocycles. The Balaban J connectivity index is 1.68. The van der Waals surface area contributed by atoms with E-state index in [9.17, 15) is 4.79 Å². The summed E-state index contributed by atoms with van der Waals surface area (Å²) in [5, 5.41) is 5.73. The summed E-state index contributed by atoms with van der Waals surface area (Å²) in [6.07, 6.45) is 3.90. The van der Waals surface area contributed by atoms with Crippen molar-refractivity contribution in [2.24, 2.45) is 0 Å². The molecular weight excluding hydrogens is 306 g/mol. The molecule has 2 N–H and O–H groups in total. The van der Waals surface area contributed by atoms with E-state index < -0.39 is 0 Å². The average Bonchev–Trinajstić information content (AvgIpc) is 2.43. The number of carbonyl (C=O) groups excluding carboxylic acids is 1. The van der Waals surface area contributed by atoms with Crippen LogP contribution in [-0.2, 0) is 0 Å². The highest BCUT2D eigenvalue weighted by atomic mass is 79.9. The second-order valence-corrected chi connectivity index (χ2v) is 5.62. The molecule has 1 fully saturated rings. The molecule has 1 heterocycles. The minimum Gasteiger partial charge on any atom is -0.337 e. The molecule has 0 aromatic heterocycles. The number of nitrogens with zero attached hydrogens (tertiary/aromatic N) is 1. The number of anilines is 1. The first kappa shape index (κ1) is 14.3. The van der Waals surface area contributed by atoms with Crippen molar-refractivity contribution in [2.75, 3.05) is 31.5 Å². The van der Waals surface area contributed by atoms with Crippen LogP contribution in [0.1, 0.15) is 19.3 Å². The second kappa shape index (κ2) is 7.50. The van der Waals surface area contributed by atoms with E-state index in [0.29, 0.717) is 6.54 Å². The third-order valence-electron chi connectivity index (χ3n) is 3.28. The van der Waals surface area contributed by atoms with Gasteiger partial charge in [0.15, 0.2) is 0 Å². The van der Waals surface area contributed by atoms with Gasteiger partial charge in [-0.3, -0.25) is 0 Å². The molecule has 0 atom stereocenters. The van der Waals surface area contributed by atoms with Gasteiger partial charge in [0.1, 0.15) is 0 Å². The molecule has 0 bridgehead atoms. The Labute approximate surface area is 122 Å². The second-order valence-electron chi connectivity index (χ2n) is 4.76. The van der Waals surface area contributed by atoms with Gasteiger partial charge in [0.05, 0.1) is 5.69 Å². The van der Waals surface area contributed by atoms with Crippen LogP contribution in [0.2, 0.25) is 0 Å². The fourth-order valence-corrected chi connectivity index (χ4v) is 2.62. The summed E-state index contributed by atoms with van der Waals surface area (Å²) >= 11 is 3.40. The van der Waals surface area contributed by atoms with E-state index in [1.165, 1.54) is 19.3 Å². The zero-order chi connectivity index (χ0) is 13.5. The molecule has 4 nitrogen and oxygen atoms in total. The van der Waals surface area contributed by atoms with Crippen molar-refractivity contribution in [2.45, 2.75) is 19.3 Å². The van der Waals surface area contributed by atoms with Crippen LogP contribution in [0.5, 0.6) is 0 Å². The summed E-state index contributed by atoms with van der Waals surface area (Å²) in [5.41, 5.74) is 0.790. The van der Waals surface area contributed by atoms with Gasteiger partial charge in [0.2, 0.25) is 0 Å². The average molecular weight is 326 g/mol. The number of urea groups is 1. The Morgan fingerprint density at radius 3 is 2.68 bits per heavy atom. The van der Waals surface area contributed by atoms with E-state index in [0.717, 1.165) is 29.8 Å². The topological polar surface area (TPSA) is 44.4 Å². The Kier molecular flexibility index (Phi) is 5.66. The third kappa shape index (κ3) is 4.84. The first-order chi connectivity index (χ1) is 9.25. The van der Waals surface area contributed by atoms with Crippen molar-refractivity contribution in [3.8, 4) is 0 Å². The Morgan fingerprint density at radius 1 is 1.21 bits per heavy atom. The molecule has 1 saturated heterocycles. The molecule has 104 valence electrons. The largest absolute Gasteiger partial charge is 0.337 e. The van der Waals surface area contributed by atoms with Crippen LogP contribution in [0.15, 0.2) is 28.7 Å². The van der Waals surface area contributed by atoms with Gasteiger partial charge in [-0.05, 0) is 54.0 Å². The lowest BCUT2D eigenvalue weighted by Crippen LogP contribution is -2.39. The van der Waals surface area contributed by atoms with Crippen LogP contribution in [0, 0.1) is 0 Å². The number of rotatable bonds is 4. The summed E-state index contributed by atoms with van der Waals surface area (Å²) in [6, 6.07) is 7.44. The van der Waals surface area contributed by atoms with Crippen LogP contribution >= 0.6 is 15.9 Å². The molecule has 2 amide bonds. The van der Waals surface area contributed by atoms with Gasteiger partial charge in [-0.2, -0.15) is 0 Å². The number of para-hydroxylation sites is 1. The number of amides is 2. The number of benzene rings is 1. The quantitative estimate of drug-likeness (QED) is 0.893. The maximum Gasteiger partial charge on any atom is 0.319 e. The van der Waals surface area contributed by atoms with E-state index in [-0.39, 0.29) is 6.03 Å². The minimum absolute atomic E-state index is 0.149. The van der Waals surface area contributed by atoms with Crippen LogP contribution in [0.4, 0.5) is 10.5 Å². The molecule has 1 aliphatic rings. The van der Waals surface area contributed by atoms with Crippen molar-refractivity contribution >= 4 is 27.6 Å². The molecule has 0 spiro atoms. The fourth-order valence-electron chi connectivity index (χ4n) is 2.24. The smallest absolute Gasteiger partial charge is 0.319 e. The monoisotopic (exact) mass is 325 g/mol. The Bertz CT molecular complexity index is 419. The van der Waals surface area contributed by atoms with Crippen LogP contribution in [0.3, 0.4) is 0 Å².